The number of hydrogen-bond donors (Lipinski definition) is 1. The Hall–Kier alpha value is -2.31. The SMILES string of the molecule is CC(C)c1ccc(C(=O)Nc2ccc(C#N)c(Cl)c2)cc1. The number of hydrogen-bond acceptors (Lipinski definition) is 2. The number of nitrogens with one attached hydrogen (secondary N) is 1. The van der Waals surface area contributed by atoms with Gasteiger partial charge in [-0.25, -0.2) is 0 Å². The molecule has 0 aliphatic carbocycles. The first kappa shape index (κ1) is 15.1. The van der Waals surface area contributed by atoms with Gasteiger partial charge in [-0.3, -0.25) is 4.79 Å². The minimum absolute atomic E-state index is 0.203. The summed E-state index contributed by atoms with van der Waals surface area (Å²) < 4.78 is 0. The van der Waals surface area contributed by atoms with Gasteiger partial charge in [0.25, 0.3) is 5.91 Å². The lowest BCUT2D eigenvalue weighted by Crippen LogP contribution is -2.12. The highest BCUT2D eigenvalue weighted by Gasteiger charge is 2.08. The van der Waals surface area contributed by atoms with Gasteiger partial charge in [-0.1, -0.05) is 37.6 Å². The number of nitriles is 1. The van der Waals surface area contributed by atoms with E-state index in [4.69, 9.17) is 16.9 Å². The van der Waals surface area contributed by atoms with Crippen LogP contribution in [0.3, 0.4) is 0 Å². The number of halogens is 1. The third kappa shape index (κ3) is 3.62. The van der Waals surface area contributed by atoms with Crippen LogP contribution in [0.1, 0.15) is 41.3 Å². The Kier molecular flexibility index (Phi) is 4.62. The maximum Gasteiger partial charge on any atom is 0.255 e. The molecule has 0 unspecified atom stereocenters. The highest BCUT2D eigenvalue weighted by atomic mass is 35.5. The lowest BCUT2D eigenvalue weighted by atomic mass is 10.0. The summed E-state index contributed by atoms with van der Waals surface area (Å²) in [7, 11) is 0. The van der Waals surface area contributed by atoms with Gasteiger partial charge in [-0.05, 0) is 41.8 Å². The molecule has 0 aromatic heterocycles. The Morgan fingerprint density at radius 2 is 1.86 bits per heavy atom. The van der Waals surface area contributed by atoms with Crippen molar-refractivity contribution in [1.82, 2.24) is 0 Å². The second-order valence-electron chi connectivity index (χ2n) is 5.04. The number of anilines is 1. The number of carbonyl (C=O) groups is 1. The van der Waals surface area contributed by atoms with Gasteiger partial charge in [0.2, 0.25) is 0 Å². The molecule has 0 saturated carbocycles. The van der Waals surface area contributed by atoms with E-state index in [2.05, 4.69) is 19.2 Å². The molecule has 1 amide bonds. The summed E-state index contributed by atoms with van der Waals surface area (Å²) in [5.41, 5.74) is 2.72. The smallest absolute Gasteiger partial charge is 0.255 e. The summed E-state index contributed by atoms with van der Waals surface area (Å²) in [6.45, 7) is 4.21. The molecule has 0 atom stereocenters. The molecule has 0 saturated heterocycles. The topological polar surface area (TPSA) is 52.9 Å². The Morgan fingerprint density at radius 3 is 2.38 bits per heavy atom. The zero-order chi connectivity index (χ0) is 15.4. The summed E-state index contributed by atoms with van der Waals surface area (Å²) in [4.78, 5) is 12.1. The molecule has 1 N–H and O–H groups in total. The Labute approximate surface area is 129 Å². The molecule has 3 nitrogen and oxygen atoms in total. The lowest BCUT2D eigenvalue weighted by molar-refractivity contribution is 0.102. The fourth-order valence-electron chi connectivity index (χ4n) is 1.91. The van der Waals surface area contributed by atoms with Crippen LogP contribution in [-0.2, 0) is 0 Å². The quantitative estimate of drug-likeness (QED) is 0.901. The van der Waals surface area contributed by atoms with Gasteiger partial charge in [0.15, 0.2) is 0 Å². The lowest BCUT2D eigenvalue weighted by Gasteiger charge is -2.08. The Balaban J connectivity index is 2.14. The van der Waals surface area contributed by atoms with Crippen LogP contribution in [0.2, 0.25) is 5.02 Å². The zero-order valence-electron chi connectivity index (χ0n) is 11.9. The van der Waals surface area contributed by atoms with Gasteiger partial charge in [-0.15, -0.1) is 0 Å². The standard InChI is InChI=1S/C17H15ClN2O/c1-11(2)12-3-5-13(6-4-12)17(21)20-15-8-7-14(10-19)16(18)9-15/h3-9,11H,1-2H3,(H,20,21). The second-order valence-corrected chi connectivity index (χ2v) is 5.44. The fourth-order valence-corrected chi connectivity index (χ4v) is 2.13. The van der Waals surface area contributed by atoms with Crippen LogP contribution in [0.15, 0.2) is 42.5 Å². The molecule has 4 heteroatoms. The normalized spacial score (nSPS) is 10.2. The Morgan fingerprint density at radius 1 is 1.19 bits per heavy atom. The molecule has 2 aromatic carbocycles. The van der Waals surface area contributed by atoms with Crippen LogP contribution < -0.4 is 5.32 Å². The van der Waals surface area contributed by atoms with E-state index < -0.39 is 0 Å². The van der Waals surface area contributed by atoms with Gasteiger partial charge >= 0.3 is 0 Å². The van der Waals surface area contributed by atoms with Crippen LogP contribution >= 0.6 is 11.6 Å². The molecule has 0 spiro atoms. The van der Waals surface area contributed by atoms with Crippen LogP contribution in [0, 0.1) is 11.3 Å². The van der Waals surface area contributed by atoms with Crippen molar-refractivity contribution in [2.75, 3.05) is 5.32 Å². The highest BCUT2D eigenvalue weighted by molar-refractivity contribution is 6.32. The molecule has 0 heterocycles. The number of benzene rings is 2. The van der Waals surface area contributed by atoms with E-state index in [0.29, 0.717) is 27.8 Å². The van der Waals surface area contributed by atoms with E-state index in [-0.39, 0.29) is 5.91 Å². The van der Waals surface area contributed by atoms with E-state index in [0.717, 1.165) is 0 Å². The van der Waals surface area contributed by atoms with Crippen molar-refractivity contribution in [3.05, 3.63) is 64.2 Å². The minimum Gasteiger partial charge on any atom is -0.322 e. The van der Waals surface area contributed by atoms with Gasteiger partial charge in [0.1, 0.15) is 6.07 Å². The first-order valence-corrected chi connectivity index (χ1v) is 7.00. The maximum atomic E-state index is 12.1. The highest BCUT2D eigenvalue weighted by Crippen LogP contribution is 2.21. The average molecular weight is 299 g/mol. The first-order valence-electron chi connectivity index (χ1n) is 6.62. The molecule has 106 valence electrons. The summed E-state index contributed by atoms with van der Waals surface area (Å²) >= 11 is 5.94. The van der Waals surface area contributed by atoms with Gasteiger partial charge in [0, 0.05) is 11.3 Å². The van der Waals surface area contributed by atoms with Crippen molar-refractivity contribution in [2.24, 2.45) is 0 Å². The molecular weight excluding hydrogens is 284 g/mol. The van der Waals surface area contributed by atoms with Crippen LogP contribution in [0.4, 0.5) is 5.69 Å². The zero-order valence-corrected chi connectivity index (χ0v) is 12.6. The van der Waals surface area contributed by atoms with Crippen molar-refractivity contribution >= 4 is 23.2 Å². The molecule has 0 aliphatic rings. The second kappa shape index (κ2) is 6.43. The van der Waals surface area contributed by atoms with Crippen molar-refractivity contribution in [3.63, 3.8) is 0 Å². The molecule has 0 bridgehead atoms. The van der Waals surface area contributed by atoms with Crippen molar-refractivity contribution in [2.45, 2.75) is 19.8 Å². The number of amides is 1. The summed E-state index contributed by atoms with van der Waals surface area (Å²) in [6, 6.07) is 14.3. The molecule has 0 radical (unpaired) electrons. The first-order chi connectivity index (χ1) is 10.0. The average Bonchev–Trinajstić information content (AvgIpc) is 2.47. The predicted octanol–water partition coefficient (Wildman–Crippen LogP) is 4.59. The van der Waals surface area contributed by atoms with Crippen LogP contribution in [0.25, 0.3) is 0 Å². The maximum absolute atomic E-state index is 12.1. The van der Waals surface area contributed by atoms with Gasteiger partial charge in [0.05, 0.1) is 10.6 Å². The van der Waals surface area contributed by atoms with E-state index >= 15 is 0 Å². The molecule has 2 rings (SSSR count). The molecule has 21 heavy (non-hydrogen) atoms. The van der Waals surface area contributed by atoms with Crippen molar-refractivity contribution < 1.29 is 4.79 Å². The molecule has 0 fully saturated rings. The predicted molar refractivity (Wildman–Crippen MR) is 84.7 cm³/mol. The minimum atomic E-state index is -0.203. The molecule has 0 aliphatic heterocycles. The van der Waals surface area contributed by atoms with E-state index in [1.807, 2.05) is 18.2 Å². The van der Waals surface area contributed by atoms with Crippen molar-refractivity contribution in [1.29, 1.82) is 5.26 Å². The summed E-state index contributed by atoms with van der Waals surface area (Å²) in [5.74, 6) is 0.227. The van der Waals surface area contributed by atoms with E-state index in [1.165, 1.54) is 5.56 Å². The molecule has 2 aromatic rings. The van der Waals surface area contributed by atoms with Gasteiger partial charge in [-0.2, -0.15) is 5.26 Å². The fraction of sp³-hybridized carbons (Fsp3) is 0.176. The summed E-state index contributed by atoms with van der Waals surface area (Å²) in [5, 5.41) is 11.9. The monoisotopic (exact) mass is 298 g/mol. The van der Waals surface area contributed by atoms with Crippen LogP contribution in [0.5, 0.6) is 0 Å². The number of nitrogens with zero attached hydrogens (tertiary/aromatic N) is 1. The third-order valence-corrected chi connectivity index (χ3v) is 3.50. The van der Waals surface area contributed by atoms with E-state index in [9.17, 15) is 4.79 Å². The van der Waals surface area contributed by atoms with Crippen LogP contribution in [-0.4, -0.2) is 5.91 Å². The Bertz CT molecular complexity index is 700. The largest absolute Gasteiger partial charge is 0.322 e. The van der Waals surface area contributed by atoms with E-state index in [1.54, 1.807) is 30.3 Å². The van der Waals surface area contributed by atoms with Crippen molar-refractivity contribution in [3.8, 4) is 6.07 Å². The third-order valence-electron chi connectivity index (χ3n) is 3.19. The molecular formula is C17H15ClN2O. The summed E-state index contributed by atoms with van der Waals surface area (Å²) in [6.07, 6.45) is 0. The number of rotatable bonds is 3. The number of carbonyl (C=O) groups excluding carboxylic acids is 1. The van der Waals surface area contributed by atoms with Gasteiger partial charge < -0.3 is 5.32 Å².